The molecule has 3 unspecified atom stereocenters. The lowest BCUT2D eigenvalue weighted by atomic mass is 10.1. The van der Waals surface area contributed by atoms with Gasteiger partial charge in [0.05, 0.1) is 12.8 Å². The molecule has 3 atom stereocenters. The van der Waals surface area contributed by atoms with Crippen molar-refractivity contribution in [1.82, 2.24) is 5.32 Å². The molecule has 0 saturated carbocycles. The molecule has 4 heteroatoms. The van der Waals surface area contributed by atoms with Gasteiger partial charge in [-0.15, -0.1) is 0 Å². The fourth-order valence-electron chi connectivity index (χ4n) is 3.23. The maximum atomic E-state index is 11.4. The molecule has 0 fully saturated rings. The van der Waals surface area contributed by atoms with Gasteiger partial charge in [-0.2, -0.15) is 0 Å². The Morgan fingerprint density at radius 3 is 2.81 bits per heavy atom. The van der Waals surface area contributed by atoms with Crippen LogP contribution in [0.25, 0.3) is 0 Å². The van der Waals surface area contributed by atoms with E-state index < -0.39 is 0 Å². The number of unbranched alkanes of at least 4 members (excludes halogenated alkanes) is 2. The van der Waals surface area contributed by atoms with E-state index in [2.05, 4.69) is 38.2 Å². The monoisotopic (exact) mass is 294 g/mol. The van der Waals surface area contributed by atoms with E-state index in [0.29, 0.717) is 6.17 Å². The summed E-state index contributed by atoms with van der Waals surface area (Å²) in [6.07, 6.45) is 12.8. The quantitative estimate of drug-likeness (QED) is 0.396. The molecule has 0 aromatic heterocycles. The molecule has 0 aromatic rings. The smallest absolute Gasteiger partial charge is 0.221 e. The second-order valence-corrected chi connectivity index (χ2v) is 5.95. The predicted molar refractivity (Wildman–Crippen MR) is 89.1 cm³/mol. The number of carbonyl (C=O) groups is 1. The summed E-state index contributed by atoms with van der Waals surface area (Å²) >= 11 is 0. The molecule has 0 radical (unpaired) electrons. The van der Waals surface area contributed by atoms with Crippen molar-refractivity contribution in [1.29, 1.82) is 0 Å². The van der Waals surface area contributed by atoms with Crippen molar-refractivity contribution in [3.8, 4) is 0 Å². The number of rotatable bonds is 9. The van der Waals surface area contributed by atoms with Crippen LogP contribution in [0.3, 0.4) is 0 Å². The van der Waals surface area contributed by atoms with E-state index in [1.165, 1.54) is 12.8 Å². The summed E-state index contributed by atoms with van der Waals surface area (Å²) in [5.74, 6) is 0.0452. The van der Waals surface area contributed by atoms with Gasteiger partial charge in [0.25, 0.3) is 0 Å². The van der Waals surface area contributed by atoms with Crippen molar-refractivity contribution in [3.63, 3.8) is 0 Å². The Labute approximate surface area is 129 Å². The third kappa shape index (κ3) is 4.95. The molecule has 0 bridgehead atoms. The van der Waals surface area contributed by atoms with Crippen LogP contribution in [0.1, 0.15) is 59.8 Å². The average Bonchev–Trinajstić information content (AvgIpc) is 2.86. The van der Waals surface area contributed by atoms with E-state index in [-0.39, 0.29) is 12.1 Å². The maximum Gasteiger partial charge on any atom is 0.221 e. The van der Waals surface area contributed by atoms with E-state index >= 15 is 0 Å². The molecule has 0 aromatic carbocycles. The highest BCUT2D eigenvalue weighted by atomic mass is 16.1. The lowest BCUT2D eigenvalue weighted by Crippen LogP contribution is -2.63. The molecule has 120 valence electrons. The average molecular weight is 294 g/mol. The number of nitrogens with one attached hydrogen (secondary N) is 1. The van der Waals surface area contributed by atoms with Crippen LogP contribution in [0.4, 0.5) is 0 Å². The molecule has 0 aliphatic carbocycles. The first kappa shape index (κ1) is 17.9. The van der Waals surface area contributed by atoms with Crippen molar-refractivity contribution < 1.29 is 9.28 Å². The van der Waals surface area contributed by atoms with Crippen LogP contribution in [0.5, 0.6) is 0 Å². The van der Waals surface area contributed by atoms with Crippen LogP contribution in [0.2, 0.25) is 0 Å². The van der Waals surface area contributed by atoms with E-state index in [1.54, 1.807) is 6.92 Å². The number of quaternary nitrogens is 1. The minimum absolute atomic E-state index is 0.0452. The first-order valence-electron chi connectivity index (χ1n) is 8.37. The van der Waals surface area contributed by atoms with Crippen LogP contribution in [-0.4, -0.2) is 42.0 Å². The Hall–Kier alpha value is -1.16. The SMILES string of the molecule is CC/C=C/CCCCC1N=CC[N+]1(CC)C(C)NC(C)=O. The summed E-state index contributed by atoms with van der Waals surface area (Å²) in [6, 6.07) is 0. The minimum atomic E-state index is 0.0452. The van der Waals surface area contributed by atoms with Crippen LogP contribution in [-0.2, 0) is 4.79 Å². The molecule has 4 nitrogen and oxygen atoms in total. The molecular weight excluding hydrogens is 262 g/mol. The van der Waals surface area contributed by atoms with E-state index in [4.69, 9.17) is 4.99 Å². The lowest BCUT2D eigenvalue weighted by molar-refractivity contribution is -0.959. The van der Waals surface area contributed by atoms with E-state index in [0.717, 1.165) is 36.8 Å². The largest absolute Gasteiger partial charge is 0.307 e. The van der Waals surface area contributed by atoms with Crippen LogP contribution in [0, 0.1) is 0 Å². The summed E-state index contributed by atoms with van der Waals surface area (Å²) < 4.78 is 0.865. The first-order valence-corrected chi connectivity index (χ1v) is 8.37. The van der Waals surface area contributed by atoms with E-state index in [9.17, 15) is 4.79 Å². The second-order valence-electron chi connectivity index (χ2n) is 5.95. The van der Waals surface area contributed by atoms with Gasteiger partial charge in [-0.25, -0.2) is 4.99 Å². The van der Waals surface area contributed by atoms with Gasteiger partial charge >= 0.3 is 0 Å². The number of amides is 1. The third-order valence-electron chi connectivity index (χ3n) is 4.55. The zero-order chi connectivity index (χ0) is 15.7. The minimum Gasteiger partial charge on any atom is -0.307 e. The van der Waals surface area contributed by atoms with Crippen molar-refractivity contribution in [2.75, 3.05) is 13.1 Å². The van der Waals surface area contributed by atoms with Crippen LogP contribution < -0.4 is 5.32 Å². The molecule has 21 heavy (non-hydrogen) atoms. The van der Waals surface area contributed by atoms with E-state index in [1.807, 2.05) is 6.21 Å². The summed E-state index contributed by atoms with van der Waals surface area (Å²) in [7, 11) is 0. The lowest BCUT2D eigenvalue weighted by Gasteiger charge is -2.42. The Morgan fingerprint density at radius 1 is 1.43 bits per heavy atom. The van der Waals surface area contributed by atoms with Crippen molar-refractivity contribution in [2.24, 2.45) is 4.99 Å². The van der Waals surface area contributed by atoms with Gasteiger partial charge in [0.2, 0.25) is 5.91 Å². The number of hydrogen-bond acceptors (Lipinski definition) is 2. The highest BCUT2D eigenvalue weighted by Crippen LogP contribution is 2.26. The Morgan fingerprint density at radius 2 is 2.19 bits per heavy atom. The Kier molecular flexibility index (Phi) is 7.65. The third-order valence-corrected chi connectivity index (χ3v) is 4.55. The molecule has 1 amide bonds. The molecule has 0 spiro atoms. The Balaban J connectivity index is 2.52. The maximum absolute atomic E-state index is 11.4. The van der Waals surface area contributed by atoms with Crippen molar-refractivity contribution in [2.45, 2.75) is 72.1 Å². The van der Waals surface area contributed by atoms with Gasteiger partial charge < -0.3 is 5.32 Å². The zero-order valence-electron chi connectivity index (χ0n) is 14.1. The highest BCUT2D eigenvalue weighted by molar-refractivity contribution is 5.73. The number of carbonyl (C=O) groups excluding carboxylic acids is 1. The molecule has 1 N–H and O–H groups in total. The number of nitrogens with zero attached hydrogens (tertiary/aromatic N) is 2. The van der Waals surface area contributed by atoms with Gasteiger partial charge in [0.15, 0.2) is 12.3 Å². The fourth-order valence-corrected chi connectivity index (χ4v) is 3.23. The molecular formula is C17H32N3O+. The van der Waals surface area contributed by atoms with Crippen molar-refractivity contribution in [3.05, 3.63) is 12.2 Å². The normalized spacial score (nSPS) is 26.4. The van der Waals surface area contributed by atoms with Gasteiger partial charge in [-0.05, 0) is 32.6 Å². The summed E-state index contributed by atoms with van der Waals surface area (Å²) in [5, 5.41) is 3.07. The van der Waals surface area contributed by atoms with Gasteiger partial charge in [-0.1, -0.05) is 19.1 Å². The summed E-state index contributed by atoms with van der Waals surface area (Å²) in [6.45, 7) is 10.00. The molecule has 1 aliphatic heterocycles. The zero-order valence-corrected chi connectivity index (χ0v) is 14.1. The summed E-state index contributed by atoms with van der Waals surface area (Å²) in [4.78, 5) is 16.1. The second kappa shape index (κ2) is 8.98. The van der Waals surface area contributed by atoms with Gasteiger partial charge in [0.1, 0.15) is 6.54 Å². The molecule has 1 heterocycles. The van der Waals surface area contributed by atoms with Crippen LogP contribution >= 0.6 is 0 Å². The number of hydrogen-bond donors (Lipinski definition) is 1. The standard InChI is InChI=1S/C17H31N3O/c1-5-7-8-9-10-11-12-17-18-13-14-20(17,6-2)15(3)19-16(4)21/h7-8,13,15,17H,5-6,9-12,14H2,1-4H3/p+1/b8-7+. The fraction of sp³-hybridized carbons (Fsp3) is 0.765. The topological polar surface area (TPSA) is 41.5 Å². The predicted octanol–water partition coefficient (Wildman–Crippen LogP) is 3.24. The molecule has 1 aliphatic rings. The molecule has 1 rings (SSSR count). The molecule has 0 saturated heterocycles. The Bertz CT molecular complexity index is 378. The number of aliphatic imine (C=N–C) groups is 1. The van der Waals surface area contributed by atoms with Crippen molar-refractivity contribution >= 4 is 12.1 Å². The first-order chi connectivity index (χ1) is 10.1. The summed E-state index contributed by atoms with van der Waals surface area (Å²) in [5.41, 5.74) is 0. The van der Waals surface area contributed by atoms with Gasteiger partial charge in [-0.3, -0.25) is 9.28 Å². The van der Waals surface area contributed by atoms with Gasteiger partial charge in [0, 0.05) is 20.3 Å². The number of allylic oxidation sites excluding steroid dienone is 2. The highest BCUT2D eigenvalue weighted by Gasteiger charge is 2.42. The van der Waals surface area contributed by atoms with Crippen LogP contribution in [0.15, 0.2) is 17.1 Å².